The van der Waals surface area contributed by atoms with Crippen LogP contribution in [0.15, 0.2) is 30.4 Å². The van der Waals surface area contributed by atoms with Crippen molar-refractivity contribution in [2.45, 2.75) is 139 Å². The van der Waals surface area contributed by atoms with Crippen molar-refractivity contribution >= 4 is 44.7 Å². The summed E-state index contributed by atoms with van der Waals surface area (Å²) < 4.78 is 69.1. The number of nitrogens with zero attached hydrogens (tertiary/aromatic N) is 3. The van der Waals surface area contributed by atoms with Crippen molar-refractivity contribution in [3.63, 3.8) is 0 Å². The number of carbonyl (C=O) groups is 4. The molecule has 0 unspecified atom stereocenters. The summed E-state index contributed by atoms with van der Waals surface area (Å²) in [5.41, 5.74) is -2.78. The number of carbonyl (C=O) groups excluding carboxylic acids is 3. The van der Waals surface area contributed by atoms with Crippen LogP contribution in [0.3, 0.4) is 0 Å². The Bertz CT molecular complexity index is 2150. The number of nitrogens with one attached hydrogen (secondary N) is 2. The Morgan fingerprint density at radius 1 is 1.12 bits per heavy atom. The molecular weight excluding hydrogens is 777 g/mol. The third-order valence-electron chi connectivity index (χ3n) is 13.2. The van der Waals surface area contributed by atoms with E-state index in [0.29, 0.717) is 60.7 Å². The van der Waals surface area contributed by atoms with Crippen LogP contribution in [0.2, 0.25) is 0 Å². The Kier molecular flexibility index (Phi) is 10.9. The minimum Gasteiger partial charge on any atom is -0.497 e. The minimum absolute atomic E-state index is 0.115. The van der Waals surface area contributed by atoms with E-state index in [9.17, 15) is 36.7 Å². The smallest absolute Gasteiger partial charge is 0.408 e. The van der Waals surface area contributed by atoms with E-state index in [0.717, 1.165) is 4.90 Å². The molecule has 2 aromatic rings. The van der Waals surface area contributed by atoms with Crippen molar-refractivity contribution in [1.29, 1.82) is 0 Å². The van der Waals surface area contributed by atoms with Crippen LogP contribution in [0, 0.1) is 11.8 Å². The molecule has 1 saturated heterocycles. The van der Waals surface area contributed by atoms with Crippen molar-refractivity contribution in [2.24, 2.45) is 11.8 Å². The fraction of sp³-hybridized carbons (Fsp3) is 0.634. The van der Waals surface area contributed by atoms with Crippen LogP contribution in [0.25, 0.3) is 10.9 Å². The number of carboxylic acid groups (broad SMARTS) is 1. The lowest BCUT2D eigenvalue weighted by Gasteiger charge is -2.39. The number of benzene rings is 1. The first-order valence-electron chi connectivity index (χ1n) is 20.2. The van der Waals surface area contributed by atoms with E-state index in [4.69, 9.17) is 9.47 Å². The Morgan fingerprint density at radius 2 is 1.86 bits per heavy atom. The number of methoxy groups -OCH3 is 1. The van der Waals surface area contributed by atoms with E-state index >= 15 is 4.79 Å². The molecule has 1 aromatic carbocycles. The predicted molar refractivity (Wildman–Crippen MR) is 209 cm³/mol. The second-order valence-electron chi connectivity index (χ2n) is 17.4. The topological polar surface area (TPSA) is 185 Å². The van der Waals surface area contributed by atoms with Crippen LogP contribution in [0.1, 0.15) is 110 Å². The Balaban J connectivity index is 1.30. The van der Waals surface area contributed by atoms with Crippen molar-refractivity contribution in [2.75, 3.05) is 13.7 Å². The van der Waals surface area contributed by atoms with Crippen molar-refractivity contribution in [3.05, 3.63) is 41.6 Å². The van der Waals surface area contributed by atoms with E-state index in [-0.39, 0.29) is 50.3 Å². The van der Waals surface area contributed by atoms with Gasteiger partial charge in [0, 0.05) is 29.3 Å². The van der Waals surface area contributed by atoms with Crippen molar-refractivity contribution in [3.8, 4) is 11.5 Å². The Labute approximate surface area is 337 Å². The largest absolute Gasteiger partial charge is 0.497 e. The molecule has 7 rings (SSSR count). The number of aromatic nitrogens is 1. The van der Waals surface area contributed by atoms with Gasteiger partial charge in [-0.2, -0.15) is 0 Å². The summed E-state index contributed by atoms with van der Waals surface area (Å²) in [7, 11) is -2.59. The predicted octanol–water partition coefficient (Wildman–Crippen LogP) is 5.63. The number of sulfonamides is 1. The van der Waals surface area contributed by atoms with Gasteiger partial charge in [-0.25, -0.2) is 27.0 Å². The molecule has 3 fully saturated rings. The summed E-state index contributed by atoms with van der Waals surface area (Å²) in [6, 6.07) is 1.81. The number of hydrogen-bond acceptors (Lipinski definition) is 9. The van der Waals surface area contributed by atoms with Crippen LogP contribution in [-0.2, 0) is 30.8 Å². The maximum atomic E-state index is 15.1. The molecule has 6 atom stereocenters. The molecule has 1 spiro atoms. The second-order valence-corrected chi connectivity index (χ2v) is 19.6. The number of alkyl halides is 2. The number of pyridine rings is 1. The van der Waals surface area contributed by atoms with Crippen LogP contribution in [0.5, 0.6) is 11.5 Å². The van der Waals surface area contributed by atoms with Crippen LogP contribution in [0.4, 0.5) is 13.6 Å². The standard InChI is InChI=1S/C41H53F2N5O9S/c1-23(2)24(3)48(38(52)53)30-12-10-8-6-7-9-11-25-20-41(25,37(51)46-58(54,55)39(4)17-18-39)45-35(49)31-21-40(22-47(31)36(30)50)16-15-27-28-19-26(56-5)13-14-29(28)44-32(34(42)43)33(27)57-40/h9,11,13-14,19,23-25,30-31,34H,6-8,10,12,15-18,20-22H2,1-5H3,(H,45,49)(H,46,51)(H,52,53)/b11-9-/t24-,25-,30+,31+,40-,41-/m1/s1. The molecule has 14 nitrogen and oxygen atoms in total. The quantitative estimate of drug-likeness (QED) is 0.282. The number of aryl methyl sites for hydroxylation is 1. The molecule has 2 saturated carbocycles. The second kappa shape index (κ2) is 15.2. The minimum atomic E-state index is -4.07. The molecule has 0 radical (unpaired) electrons. The molecule has 316 valence electrons. The molecule has 17 heteroatoms. The number of amides is 4. The molecule has 4 heterocycles. The van der Waals surface area contributed by atoms with Gasteiger partial charge in [-0.05, 0) is 89.3 Å². The number of halogens is 2. The summed E-state index contributed by atoms with van der Waals surface area (Å²) in [5.74, 6) is -2.63. The van der Waals surface area contributed by atoms with Gasteiger partial charge in [0.15, 0.2) is 5.75 Å². The fourth-order valence-electron chi connectivity index (χ4n) is 8.83. The van der Waals surface area contributed by atoms with Gasteiger partial charge < -0.3 is 24.8 Å². The summed E-state index contributed by atoms with van der Waals surface area (Å²) in [5, 5.41) is 14.0. The highest BCUT2D eigenvalue weighted by atomic mass is 32.2. The fourth-order valence-corrected chi connectivity index (χ4v) is 10.1. The van der Waals surface area contributed by atoms with Crippen LogP contribution in [-0.4, -0.2) is 99.8 Å². The number of rotatable bonds is 8. The average Bonchev–Trinajstić information content (AvgIpc) is 4.07. The average molecular weight is 830 g/mol. The van der Waals surface area contributed by atoms with Gasteiger partial charge in [-0.3, -0.25) is 24.0 Å². The first kappa shape index (κ1) is 41.6. The van der Waals surface area contributed by atoms with E-state index in [1.54, 1.807) is 32.0 Å². The highest BCUT2D eigenvalue weighted by Crippen LogP contribution is 2.50. The highest BCUT2D eigenvalue weighted by molar-refractivity contribution is 7.91. The summed E-state index contributed by atoms with van der Waals surface area (Å²) >= 11 is 0. The van der Waals surface area contributed by atoms with Crippen molar-refractivity contribution in [1.82, 2.24) is 24.8 Å². The summed E-state index contributed by atoms with van der Waals surface area (Å²) in [4.78, 5) is 63.5. The van der Waals surface area contributed by atoms with E-state index in [1.807, 2.05) is 26.0 Å². The zero-order valence-corrected chi connectivity index (χ0v) is 34.4. The molecule has 1 aromatic heterocycles. The molecule has 3 N–H and O–H groups in total. The number of hydrogen-bond donors (Lipinski definition) is 3. The Hall–Kier alpha value is -4.54. The van der Waals surface area contributed by atoms with Gasteiger partial charge in [-0.15, -0.1) is 0 Å². The van der Waals surface area contributed by atoms with E-state index in [2.05, 4.69) is 15.0 Å². The maximum absolute atomic E-state index is 15.1. The number of ether oxygens (including phenoxy) is 2. The van der Waals surface area contributed by atoms with Gasteiger partial charge in [0.2, 0.25) is 21.8 Å². The molecule has 4 amide bonds. The zero-order chi connectivity index (χ0) is 41.9. The lowest BCUT2D eigenvalue weighted by atomic mass is 9.87. The SMILES string of the molecule is COc1ccc2nc(C(F)F)c3c(c2c1)CC[C@]1(C[C@H]2C(=O)N[C@]4(C(=O)NS(=O)(=O)C5(C)CC5)C[C@H]4/C=C\CCCCC[C@H](N(C(=O)O)[C@H](C)C(C)C)C(=O)N2C1)O3. The maximum Gasteiger partial charge on any atom is 0.408 e. The lowest BCUT2D eigenvalue weighted by Crippen LogP contribution is -2.60. The summed E-state index contributed by atoms with van der Waals surface area (Å²) in [6.07, 6.45) is 3.21. The molecule has 58 heavy (non-hydrogen) atoms. The van der Waals surface area contributed by atoms with E-state index < -0.39 is 85.9 Å². The van der Waals surface area contributed by atoms with Crippen LogP contribution >= 0.6 is 0 Å². The number of allylic oxidation sites excluding steroid dienone is 1. The first-order valence-corrected chi connectivity index (χ1v) is 21.7. The van der Waals surface area contributed by atoms with E-state index in [1.165, 1.54) is 12.0 Å². The Morgan fingerprint density at radius 3 is 2.52 bits per heavy atom. The monoisotopic (exact) mass is 829 g/mol. The van der Waals surface area contributed by atoms with Gasteiger partial charge >= 0.3 is 6.09 Å². The van der Waals surface area contributed by atoms with Gasteiger partial charge in [0.1, 0.15) is 34.7 Å². The third kappa shape index (κ3) is 7.47. The molecule has 3 aliphatic heterocycles. The molecule has 2 aliphatic carbocycles. The molecule has 5 aliphatic rings. The van der Waals surface area contributed by atoms with Gasteiger partial charge in [0.25, 0.3) is 12.3 Å². The third-order valence-corrected chi connectivity index (χ3v) is 15.3. The molecule has 0 bridgehead atoms. The molecular formula is C41H53F2N5O9S. The van der Waals surface area contributed by atoms with Crippen LogP contribution < -0.4 is 19.5 Å². The highest BCUT2D eigenvalue weighted by Gasteiger charge is 2.64. The lowest BCUT2D eigenvalue weighted by molar-refractivity contribution is -0.144. The van der Waals surface area contributed by atoms with Gasteiger partial charge in [-0.1, -0.05) is 38.8 Å². The zero-order valence-electron chi connectivity index (χ0n) is 33.6. The normalized spacial score (nSPS) is 29.3. The first-order chi connectivity index (χ1) is 27.4. The van der Waals surface area contributed by atoms with Gasteiger partial charge in [0.05, 0.1) is 23.9 Å². The summed E-state index contributed by atoms with van der Waals surface area (Å²) in [6.45, 7) is 6.75. The van der Waals surface area contributed by atoms with Crippen molar-refractivity contribution < 1.29 is 51.0 Å². The number of fused-ring (bicyclic) bond motifs is 5.